The Kier molecular flexibility index (Phi) is 6.98. The molecule has 0 spiro atoms. The summed E-state index contributed by atoms with van der Waals surface area (Å²) in [7, 11) is 0. The molecule has 0 bridgehead atoms. The van der Waals surface area contributed by atoms with Gasteiger partial charge in [-0.1, -0.05) is 20.8 Å². The predicted octanol–water partition coefficient (Wildman–Crippen LogP) is 2.29. The second kappa shape index (κ2) is 8.27. The van der Waals surface area contributed by atoms with Crippen molar-refractivity contribution in [2.45, 2.75) is 46.7 Å². The Morgan fingerprint density at radius 3 is 2.78 bits per heavy atom. The smallest absolute Gasteiger partial charge is 0.0764 e. The SMILES string of the molecule is CCNCCN(CC)Cc1ccn(C(C)CC)n1. The van der Waals surface area contributed by atoms with Gasteiger partial charge in [0.15, 0.2) is 0 Å². The molecule has 0 aromatic carbocycles. The van der Waals surface area contributed by atoms with Crippen LogP contribution in [0.15, 0.2) is 12.3 Å². The van der Waals surface area contributed by atoms with Crippen molar-refractivity contribution in [3.8, 4) is 0 Å². The van der Waals surface area contributed by atoms with Crippen molar-refractivity contribution >= 4 is 0 Å². The van der Waals surface area contributed by atoms with E-state index in [4.69, 9.17) is 0 Å². The average Bonchev–Trinajstić information content (AvgIpc) is 2.85. The lowest BCUT2D eigenvalue weighted by atomic mass is 10.3. The van der Waals surface area contributed by atoms with Crippen molar-refractivity contribution in [2.24, 2.45) is 0 Å². The molecule has 0 amide bonds. The molecule has 1 N–H and O–H groups in total. The van der Waals surface area contributed by atoms with E-state index in [0.29, 0.717) is 6.04 Å². The van der Waals surface area contributed by atoms with Crippen molar-refractivity contribution < 1.29 is 0 Å². The van der Waals surface area contributed by atoms with Gasteiger partial charge < -0.3 is 5.32 Å². The van der Waals surface area contributed by atoms with E-state index in [1.807, 2.05) is 0 Å². The number of aromatic nitrogens is 2. The third-order valence-corrected chi connectivity index (χ3v) is 3.39. The third kappa shape index (κ3) is 4.78. The highest BCUT2D eigenvalue weighted by atomic mass is 15.3. The van der Waals surface area contributed by atoms with E-state index in [9.17, 15) is 0 Å². The van der Waals surface area contributed by atoms with Crippen molar-refractivity contribution in [2.75, 3.05) is 26.2 Å². The molecule has 1 atom stereocenters. The summed E-state index contributed by atoms with van der Waals surface area (Å²) in [5, 5.41) is 8.02. The largest absolute Gasteiger partial charge is 0.316 e. The fourth-order valence-electron chi connectivity index (χ4n) is 1.89. The molecule has 4 nitrogen and oxygen atoms in total. The highest BCUT2D eigenvalue weighted by Crippen LogP contribution is 2.10. The van der Waals surface area contributed by atoms with E-state index >= 15 is 0 Å². The zero-order valence-electron chi connectivity index (χ0n) is 12.3. The molecule has 0 aliphatic carbocycles. The summed E-state index contributed by atoms with van der Waals surface area (Å²) < 4.78 is 2.08. The summed E-state index contributed by atoms with van der Waals surface area (Å²) in [5.74, 6) is 0. The van der Waals surface area contributed by atoms with Gasteiger partial charge in [-0.3, -0.25) is 9.58 Å². The van der Waals surface area contributed by atoms with Gasteiger partial charge in [-0.05, 0) is 32.5 Å². The predicted molar refractivity (Wildman–Crippen MR) is 76.7 cm³/mol. The molecule has 18 heavy (non-hydrogen) atoms. The molecule has 1 aromatic rings. The van der Waals surface area contributed by atoms with Crippen LogP contribution in [0, 0.1) is 0 Å². The van der Waals surface area contributed by atoms with E-state index in [-0.39, 0.29) is 0 Å². The Morgan fingerprint density at radius 1 is 1.39 bits per heavy atom. The number of nitrogens with one attached hydrogen (secondary N) is 1. The van der Waals surface area contributed by atoms with Gasteiger partial charge in [-0.25, -0.2) is 0 Å². The molecular weight excluding hydrogens is 224 g/mol. The molecule has 0 aliphatic rings. The molecule has 0 aliphatic heterocycles. The van der Waals surface area contributed by atoms with E-state index in [1.54, 1.807) is 0 Å². The molecule has 4 heteroatoms. The van der Waals surface area contributed by atoms with Crippen molar-refractivity contribution in [1.29, 1.82) is 0 Å². The fraction of sp³-hybridized carbons (Fsp3) is 0.786. The van der Waals surface area contributed by atoms with Crippen LogP contribution in [0.25, 0.3) is 0 Å². The lowest BCUT2D eigenvalue weighted by Gasteiger charge is -2.19. The zero-order chi connectivity index (χ0) is 13.4. The molecule has 0 saturated carbocycles. The number of rotatable bonds is 9. The van der Waals surface area contributed by atoms with Crippen LogP contribution in [0.2, 0.25) is 0 Å². The number of nitrogens with zero attached hydrogens (tertiary/aromatic N) is 3. The van der Waals surface area contributed by atoms with Gasteiger partial charge in [0.05, 0.1) is 5.69 Å². The summed E-state index contributed by atoms with van der Waals surface area (Å²) >= 11 is 0. The second-order valence-electron chi connectivity index (χ2n) is 4.77. The lowest BCUT2D eigenvalue weighted by Crippen LogP contribution is -2.31. The standard InChI is InChI=1S/C14H28N4/c1-5-13(4)18-10-8-14(16-18)12-17(7-3)11-9-15-6-2/h8,10,13,15H,5-7,9,11-12H2,1-4H3. The minimum absolute atomic E-state index is 0.496. The Hall–Kier alpha value is -0.870. The van der Waals surface area contributed by atoms with E-state index in [1.165, 1.54) is 5.69 Å². The van der Waals surface area contributed by atoms with Gasteiger partial charge in [0.25, 0.3) is 0 Å². The van der Waals surface area contributed by atoms with Gasteiger partial charge in [-0.2, -0.15) is 5.10 Å². The van der Waals surface area contributed by atoms with Gasteiger partial charge in [0.1, 0.15) is 0 Å². The van der Waals surface area contributed by atoms with Crippen LogP contribution >= 0.6 is 0 Å². The fourth-order valence-corrected chi connectivity index (χ4v) is 1.89. The molecule has 1 rings (SSSR count). The second-order valence-corrected chi connectivity index (χ2v) is 4.77. The molecule has 1 aromatic heterocycles. The van der Waals surface area contributed by atoms with Crippen LogP contribution in [0.5, 0.6) is 0 Å². The topological polar surface area (TPSA) is 33.1 Å². The normalized spacial score (nSPS) is 13.2. The van der Waals surface area contributed by atoms with Crippen LogP contribution in [0.1, 0.15) is 45.9 Å². The number of likely N-dealkylation sites (N-methyl/N-ethyl adjacent to an activating group) is 2. The Balaban J connectivity index is 2.46. The van der Waals surface area contributed by atoms with E-state index < -0.39 is 0 Å². The number of hydrogen-bond acceptors (Lipinski definition) is 3. The highest BCUT2D eigenvalue weighted by Gasteiger charge is 2.08. The quantitative estimate of drug-likeness (QED) is 0.685. The Bertz CT molecular complexity index is 321. The van der Waals surface area contributed by atoms with Crippen LogP contribution in [0.4, 0.5) is 0 Å². The maximum absolute atomic E-state index is 4.65. The first-order valence-corrected chi connectivity index (χ1v) is 7.18. The molecule has 1 unspecified atom stereocenters. The highest BCUT2D eigenvalue weighted by molar-refractivity contribution is 4.99. The Labute approximate surface area is 111 Å². The number of hydrogen-bond donors (Lipinski definition) is 1. The lowest BCUT2D eigenvalue weighted by molar-refractivity contribution is 0.275. The van der Waals surface area contributed by atoms with Crippen LogP contribution in [-0.2, 0) is 6.54 Å². The van der Waals surface area contributed by atoms with Crippen LogP contribution in [-0.4, -0.2) is 40.9 Å². The van der Waals surface area contributed by atoms with Gasteiger partial charge in [0.2, 0.25) is 0 Å². The van der Waals surface area contributed by atoms with Crippen molar-refractivity contribution in [3.63, 3.8) is 0 Å². The van der Waals surface area contributed by atoms with Crippen molar-refractivity contribution in [3.05, 3.63) is 18.0 Å². The third-order valence-electron chi connectivity index (χ3n) is 3.39. The molecular formula is C14H28N4. The first kappa shape index (κ1) is 15.2. The van der Waals surface area contributed by atoms with Gasteiger partial charge in [0, 0.05) is 31.9 Å². The molecule has 0 fully saturated rings. The minimum Gasteiger partial charge on any atom is -0.316 e. The van der Waals surface area contributed by atoms with Crippen LogP contribution < -0.4 is 5.32 Å². The Morgan fingerprint density at radius 2 is 2.17 bits per heavy atom. The molecule has 0 saturated heterocycles. The van der Waals surface area contributed by atoms with Crippen molar-refractivity contribution in [1.82, 2.24) is 20.0 Å². The summed E-state index contributed by atoms with van der Waals surface area (Å²) in [6.07, 6.45) is 3.22. The summed E-state index contributed by atoms with van der Waals surface area (Å²) in [5.41, 5.74) is 1.17. The minimum atomic E-state index is 0.496. The monoisotopic (exact) mass is 252 g/mol. The zero-order valence-corrected chi connectivity index (χ0v) is 12.3. The van der Waals surface area contributed by atoms with Gasteiger partial charge >= 0.3 is 0 Å². The average molecular weight is 252 g/mol. The summed E-state index contributed by atoms with van der Waals surface area (Å²) in [4.78, 5) is 2.42. The molecule has 1 heterocycles. The maximum Gasteiger partial charge on any atom is 0.0764 e. The van der Waals surface area contributed by atoms with E-state index in [2.05, 4.69) is 60.0 Å². The molecule has 0 radical (unpaired) electrons. The maximum atomic E-state index is 4.65. The van der Waals surface area contributed by atoms with Crippen LogP contribution in [0.3, 0.4) is 0 Å². The summed E-state index contributed by atoms with van der Waals surface area (Å²) in [6.45, 7) is 14.0. The first-order valence-electron chi connectivity index (χ1n) is 7.18. The molecule has 104 valence electrons. The van der Waals surface area contributed by atoms with Gasteiger partial charge in [-0.15, -0.1) is 0 Å². The summed E-state index contributed by atoms with van der Waals surface area (Å²) in [6, 6.07) is 2.64. The first-order chi connectivity index (χ1) is 8.71. The van der Waals surface area contributed by atoms with E-state index in [0.717, 1.165) is 39.1 Å².